The number of fused-ring (bicyclic) bond motifs is 2. The first-order valence-corrected chi connectivity index (χ1v) is 20.9. The van der Waals surface area contributed by atoms with Gasteiger partial charge in [0.1, 0.15) is 16.8 Å². The number of pyridine rings is 2. The van der Waals surface area contributed by atoms with Crippen molar-refractivity contribution in [3.05, 3.63) is 80.2 Å². The van der Waals surface area contributed by atoms with Crippen LogP contribution >= 0.6 is 34.3 Å². The smallest absolute Gasteiger partial charge is 0.228 e. The number of piperazine rings is 2. The summed E-state index contributed by atoms with van der Waals surface area (Å²) in [5, 5.41) is 13.7. The van der Waals surface area contributed by atoms with Gasteiger partial charge in [-0.15, -0.1) is 22.7 Å². The van der Waals surface area contributed by atoms with Gasteiger partial charge in [-0.2, -0.15) is 9.97 Å². The zero-order valence-corrected chi connectivity index (χ0v) is 33.7. The van der Waals surface area contributed by atoms with Crippen molar-refractivity contribution < 1.29 is 0 Å². The van der Waals surface area contributed by atoms with Crippen molar-refractivity contribution >= 4 is 79.6 Å². The molecule has 284 valence electrons. The molecule has 6 aromatic rings. The summed E-state index contributed by atoms with van der Waals surface area (Å²) in [5.41, 5.74) is 2.84. The van der Waals surface area contributed by atoms with Crippen LogP contribution in [0.15, 0.2) is 59.6 Å². The van der Waals surface area contributed by atoms with E-state index in [1.807, 2.05) is 12.3 Å². The van der Waals surface area contributed by atoms with Crippen LogP contribution in [0.25, 0.3) is 21.8 Å². The van der Waals surface area contributed by atoms with Crippen molar-refractivity contribution in [2.24, 2.45) is 0 Å². The maximum Gasteiger partial charge on any atom is 0.228 e. The normalized spacial score (nSPS) is 15.4. The summed E-state index contributed by atoms with van der Waals surface area (Å²) >= 11 is 9.68. The van der Waals surface area contributed by atoms with Crippen LogP contribution in [0.2, 0.25) is 5.15 Å². The number of aromatic nitrogens is 6. The highest BCUT2D eigenvalue weighted by atomic mass is 35.5. The van der Waals surface area contributed by atoms with Gasteiger partial charge in [0, 0.05) is 91.7 Å². The molecule has 0 amide bonds. The molecule has 0 radical (unpaired) electrons. The van der Waals surface area contributed by atoms with Crippen LogP contribution in [0.3, 0.4) is 0 Å². The van der Waals surface area contributed by atoms with E-state index < -0.39 is 0 Å². The molecule has 2 saturated heterocycles. The minimum absolute atomic E-state index is 0.453. The van der Waals surface area contributed by atoms with Crippen molar-refractivity contribution in [2.75, 3.05) is 100.0 Å². The van der Waals surface area contributed by atoms with Gasteiger partial charge in [-0.05, 0) is 68.4 Å². The Morgan fingerprint density at radius 2 is 1.15 bits per heavy atom. The number of hydrogen-bond donors (Lipinski definition) is 2. The predicted molar refractivity (Wildman–Crippen MR) is 226 cm³/mol. The molecule has 2 N–H and O–H groups in total. The highest BCUT2D eigenvalue weighted by molar-refractivity contribution is 7.10. The second kappa shape index (κ2) is 18.4. The number of hydrogen-bond acceptors (Lipinski definition) is 14. The van der Waals surface area contributed by atoms with E-state index >= 15 is 0 Å². The molecule has 6 aromatic heterocycles. The topological polar surface area (TPSA) is 114 Å². The van der Waals surface area contributed by atoms with Gasteiger partial charge in [-0.25, -0.2) is 15.0 Å². The molecule has 8 heterocycles. The fourth-order valence-corrected chi connectivity index (χ4v) is 8.11. The van der Waals surface area contributed by atoms with Gasteiger partial charge < -0.3 is 30.2 Å². The molecule has 15 heteroatoms. The van der Waals surface area contributed by atoms with Gasteiger partial charge in [-0.3, -0.25) is 4.98 Å². The number of nitrogens with zero attached hydrogens (tertiary/aromatic N) is 10. The Morgan fingerprint density at radius 3 is 1.63 bits per heavy atom. The van der Waals surface area contributed by atoms with E-state index in [-0.39, 0.29) is 0 Å². The van der Waals surface area contributed by atoms with E-state index in [0.717, 1.165) is 142 Å². The quantitative estimate of drug-likeness (QED) is 0.131. The molecule has 12 nitrogen and oxygen atoms in total. The van der Waals surface area contributed by atoms with Crippen LogP contribution in [0.1, 0.15) is 28.8 Å². The fraction of sp³-hybridized carbons (Fsp3) is 0.436. The lowest BCUT2D eigenvalue weighted by Gasteiger charge is -2.32. The molecule has 0 aliphatic carbocycles. The van der Waals surface area contributed by atoms with Crippen molar-refractivity contribution in [1.82, 2.24) is 39.7 Å². The standard InChI is InChI=1S/C21H28N6S.C18H21ClN6S/c1-3-5-16-14-18-19(15-23-16)24-21(27-11-9-26(2)10-12-27)25-20(18)22-8-7-17-6-4-13-28-17;1-24-6-8-25(9-7-24)18-22-15-12-21-16(19)11-14(15)17(23-18)20-5-4-13-3-2-10-26-13/h4,6,13-15H,3,5,7-12H2,1-2H3,(H,22,24,25);2-3,10-12H,4-9H2,1H3,(H,20,22,23). The summed E-state index contributed by atoms with van der Waals surface area (Å²) in [6.07, 6.45) is 7.66. The molecule has 0 unspecified atom stereocenters. The summed E-state index contributed by atoms with van der Waals surface area (Å²) < 4.78 is 0. The predicted octanol–water partition coefficient (Wildman–Crippen LogP) is 6.59. The highest BCUT2D eigenvalue weighted by Gasteiger charge is 2.20. The van der Waals surface area contributed by atoms with Gasteiger partial charge in [0.2, 0.25) is 11.9 Å². The van der Waals surface area contributed by atoms with E-state index in [2.05, 4.69) is 102 Å². The van der Waals surface area contributed by atoms with E-state index in [4.69, 9.17) is 31.5 Å². The first kappa shape index (κ1) is 38.1. The number of likely N-dealkylation sites (N-methyl/N-ethyl adjacent to an activating group) is 2. The first-order chi connectivity index (χ1) is 26.4. The Kier molecular flexibility index (Phi) is 13.0. The zero-order valence-electron chi connectivity index (χ0n) is 31.3. The van der Waals surface area contributed by atoms with Crippen LogP contribution in [-0.4, -0.2) is 119 Å². The third kappa shape index (κ3) is 9.90. The second-order valence-electron chi connectivity index (χ2n) is 13.8. The van der Waals surface area contributed by atoms with Crippen molar-refractivity contribution in [1.29, 1.82) is 0 Å². The van der Waals surface area contributed by atoms with Crippen LogP contribution < -0.4 is 20.4 Å². The number of aryl methyl sites for hydroxylation is 1. The average Bonchev–Trinajstić information content (AvgIpc) is 3.91. The van der Waals surface area contributed by atoms with Crippen molar-refractivity contribution in [2.45, 2.75) is 32.6 Å². The number of anilines is 4. The monoisotopic (exact) mass is 784 g/mol. The molecule has 54 heavy (non-hydrogen) atoms. The molecule has 2 aliphatic heterocycles. The van der Waals surface area contributed by atoms with Gasteiger partial charge in [0.05, 0.1) is 23.4 Å². The number of halogens is 1. The minimum atomic E-state index is 0.453. The Labute approximate surface area is 330 Å². The Hall–Kier alpha value is -4.21. The van der Waals surface area contributed by atoms with Gasteiger partial charge in [-0.1, -0.05) is 37.1 Å². The molecule has 0 spiro atoms. The minimum Gasteiger partial charge on any atom is -0.369 e. The zero-order chi connectivity index (χ0) is 37.3. The van der Waals surface area contributed by atoms with Crippen LogP contribution in [-0.2, 0) is 19.3 Å². The van der Waals surface area contributed by atoms with Gasteiger partial charge in [0.15, 0.2) is 0 Å². The highest BCUT2D eigenvalue weighted by Crippen LogP contribution is 2.27. The van der Waals surface area contributed by atoms with E-state index in [9.17, 15) is 0 Å². The van der Waals surface area contributed by atoms with Crippen molar-refractivity contribution in [3.8, 4) is 0 Å². The number of nitrogens with one attached hydrogen (secondary N) is 2. The Morgan fingerprint density at radius 1 is 0.648 bits per heavy atom. The van der Waals surface area contributed by atoms with E-state index in [0.29, 0.717) is 5.15 Å². The third-order valence-electron chi connectivity index (χ3n) is 9.73. The SMILES string of the molecule is CCCc1cc2c(NCCc3cccs3)nc(N3CCN(C)CC3)nc2cn1.CN1CCN(c2nc(NCCc3cccs3)c3cc(Cl)ncc3n2)CC1. The van der Waals surface area contributed by atoms with Crippen LogP contribution in [0.4, 0.5) is 23.5 Å². The fourth-order valence-electron chi connectivity index (χ4n) is 6.53. The molecule has 0 aromatic carbocycles. The largest absolute Gasteiger partial charge is 0.369 e. The maximum absolute atomic E-state index is 6.10. The lowest BCUT2D eigenvalue weighted by atomic mass is 10.2. The molecule has 0 atom stereocenters. The number of rotatable bonds is 12. The lowest BCUT2D eigenvalue weighted by molar-refractivity contribution is 0.311. The summed E-state index contributed by atoms with van der Waals surface area (Å²) in [5.74, 6) is 3.32. The molecule has 0 saturated carbocycles. The van der Waals surface area contributed by atoms with Crippen LogP contribution in [0, 0.1) is 0 Å². The Bertz CT molecular complexity index is 2080. The van der Waals surface area contributed by atoms with E-state index in [1.54, 1.807) is 28.9 Å². The summed E-state index contributed by atoms with van der Waals surface area (Å²) in [6.45, 7) is 11.7. The van der Waals surface area contributed by atoms with Gasteiger partial charge >= 0.3 is 0 Å². The summed E-state index contributed by atoms with van der Waals surface area (Å²) in [4.78, 5) is 40.0. The first-order valence-electron chi connectivity index (χ1n) is 18.8. The van der Waals surface area contributed by atoms with Crippen LogP contribution in [0.5, 0.6) is 0 Å². The molecule has 2 fully saturated rings. The molecule has 0 bridgehead atoms. The molecular weight excluding hydrogens is 736 g/mol. The molecular formula is C39H49ClN12S2. The van der Waals surface area contributed by atoms with Crippen molar-refractivity contribution in [3.63, 3.8) is 0 Å². The molecule has 2 aliphatic rings. The summed E-state index contributed by atoms with van der Waals surface area (Å²) in [7, 11) is 4.30. The maximum atomic E-state index is 6.10. The average molecular weight is 785 g/mol. The second-order valence-corrected chi connectivity index (χ2v) is 16.3. The lowest BCUT2D eigenvalue weighted by Crippen LogP contribution is -2.45. The Balaban J connectivity index is 0.000000167. The summed E-state index contributed by atoms with van der Waals surface area (Å²) in [6, 6.07) is 12.5. The molecule has 8 rings (SSSR count). The third-order valence-corrected chi connectivity index (χ3v) is 11.8. The van der Waals surface area contributed by atoms with Gasteiger partial charge in [0.25, 0.3) is 0 Å². The van der Waals surface area contributed by atoms with E-state index in [1.165, 1.54) is 9.75 Å². The number of thiophene rings is 2.